The van der Waals surface area contributed by atoms with E-state index in [4.69, 9.17) is 0 Å². The van der Waals surface area contributed by atoms with Crippen LogP contribution in [0.1, 0.15) is 180 Å². The molecule has 7 rings (SSSR count). The first kappa shape index (κ1) is 49.9. The predicted molar refractivity (Wildman–Crippen MR) is 281 cm³/mol. The van der Waals surface area contributed by atoms with Gasteiger partial charge in [-0.15, -0.1) is 13.2 Å². The van der Waals surface area contributed by atoms with E-state index in [0.29, 0.717) is 31.5 Å². The number of hydrazine groups is 1. The van der Waals surface area contributed by atoms with E-state index in [-0.39, 0.29) is 23.4 Å². The third kappa shape index (κ3) is 15.3. The first-order valence-electron chi connectivity index (χ1n) is 24.7. The van der Waals surface area contributed by atoms with Crippen LogP contribution in [0.5, 0.6) is 0 Å². The van der Waals surface area contributed by atoms with Gasteiger partial charge in [0.1, 0.15) is 11.6 Å². The number of hydrogen-bond acceptors (Lipinski definition) is 4. The van der Waals surface area contributed by atoms with Gasteiger partial charge in [-0.05, 0) is 101 Å². The molecule has 2 fully saturated rings. The van der Waals surface area contributed by atoms with E-state index in [1.165, 1.54) is 92.9 Å². The normalized spacial score (nSPS) is 16.8. The van der Waals surface area contributed by atoms with E-state index in [1.807, 2.05) is 32.0 Å². The summed E-state index contributed by atoms with van der Waals surface area (Å²) in [4.78, 5) is 26.5. The molecular weight excluding hydrogens is 781 g/mol. The molecule has 64 heavy (non-hydrogen) atoms. The quantitative estimate of drug-likeness (QED) is 0.0819. The molecule has 2 N–H and O–H groups in total. The van der Waals surface area contributed by atoms with Crippen molar-refractivity contribution >= 4 is 22.8 Å². The van der Waals surface area contributed by atoms with E-state index in [0.717, 1.165) is 70.2 Å². The molecule has 2 aliphatic carbocycles. The highest BCUT2D eigenvalue weighted by Crippen LogP contribution is 2.32. The fraction of sp³-hybridized carbons (Fsp3) is 0.433. The van der Waals surface area contributed by atoms with Crippen LogP contribution in [0.2, 0.25) is 0 Å². The molecule has 2 saturated carbocycles. The van der Waals surface area contributed by atoms with Crippen molar-refractivity contribution in [2.45, 2.75) is 155 Å². The third-order valence-corrected chi connectivity index (χ3v) is 13.6. The van der Waals surface area contributed by atoms with Crippen molar-refractivity contribution in [2.75, 3.05) is 0 Å². The average molecular weight is 867 g/mol. The van der Waals surface area contributed by atoms with Gasteiger partial charge < -0.3 is 5.43 Å². The maximum absolute atomic E-state index is 13.8. The van der Waals surface area contributed by atoms with Crippen LogP contribution in [0.4, 0.5) is 0 Å². The number of rotatable bonds is 21. The highest BCUT2D eigenvalue weighted by molar-refractivity contribution is 5.86. The second-order valence-electron chi connectivity index (χ2n) is 18.4. The SMILES string of the molecule is C=C.C=C(CCCC1CCCC1)Cc1ccc(C2C=C(c3ccccc3CC(=O)Cc3ccccc3/C(C)=C/C(C)c3ccc(CC(=O)CCCC4CCCC4)cc3)NN2)cc1.CC.[HH].[HH].[HH].[HH]. The first-order chi connectivity index (χ1) is 31.3. The summed E-state index contributed by atoms with van der Waals surface area (Å²) in [6, 6.07) is 34.1. The Labute approximate surface area is 393 Å². The lowest BCUT2D eigenvalue weighted by Crippen LogP contribution is -2.26. The Bertz CT molecular complexity index is 2150. The zero-order chi connectivity index (χ0) is 45.7. The van der Waals surface area contributed by atoms with Crippen LogP contribution in [0.15, 0.2) is 135 Å². The van der Waals surface area contributed by atoms with Gasteiger partial charge >= 0.3 is 0 Å². The number of allylic oxidation sites excluding steroid dienone is 3. The number of carbonyl (C=O) groups excluding carboxylic acids is 2. The summed E-state index contributed by atoms with van der Waals surface area (Å²) in [6.45, 7) is 18.8. The minimum Gasteiger partial charge on any atom is -0.320 e. The molecule has 4 heteroatoms. The Morgan fingerprint density at radius 2 is 1.23 bits per heavy atom. The molecular formula is C60H86N2O2. The summed E-state index contributed by atoms with van der Waals surface area (Å²) >= 11 is 0. The Kier molecular flexibility index (Phi) is 20.8. The predicted octanol–water partition coefficient (Wildman–Crippen LogP) is 16.2. The number of benzene rings is 4. The van der Waals surface area contributed by atoms with Crippen LogP contribution in [0.3, 0.4) is 0 Å². The number of hydrogen-bond donors (Lipinski definition) is 2. The number of ketones is 2. The smallest absolute Gasteiger partial charge is 0.141 e. The Morgan fingerprint density at radius 1 is 0.688 bits per heavy atom. The zero-order valence-electron chi connectivity index (χ0n) is 39.9. The standard InChI is InChI=1S/C56H68N2O2.C2H6.C2H4.4H2/c1-40(14-12-19-43-15-4-5-16-43)34-45-28-32-48(33-29-45)55-39-56(58-57-55)54-25-11-9-22-50(54)38-52(60)37-49-21-8-10-24-53(49)42(3)35-41(2)47-30-26-46(27-31-47)36-51(59)23-13-20-44-17-6-7-18-44;2*1-2;;;;/h8-11,21-22,24-33,35,39,41,43-44,55,57-58H,1,4-7,12-20,23,34,36-38H2,2-3H3;1-2H3;1-2H2;4*1H/b42-35+;;;;;;. The molecule has 4 aromatic rings. The van der Waals surface area contributed by atoms with Crippen molar-refractivity contribution in [2.24, 2.45) is 11.8 Å². The molecule has 0 radical (unpaired) electrons. The molecule has 0 saturated heterocycles. The van der Waals surface area contributed by atoms with Crippen molar-refractivity contribution in [3.05, 3.63) is 179 Å². The van der Waals surface area contributed by atoms with E-state index in [9.17, 15) is 9.59 Å². The highest BCUT2D eigenvalue weighted by Gasteiger charge is 2.21. The van der Waals surface area contributed by atoms with Gasteiger partial charge in [0.15, 0.2) is 0 Å². The number of nitrogens with one attached hydrogen (secondary N) is 2. The summed E-state index contributed by atoms with van der Waals surface area (Å²) in [5.74, 6) is 2.54. The average Bonchev–Trinajstić information content (AvgIpc) is 4.14. The molecule has 1 aliphatic heterocycles. The van der Waals surface area contributed by atoms with Crippen LogP contribution >= 0.6 is 0 Å². The maximum Gasteiger partial charge on any atom is 0.141 e. The molecule has 0 spiro atoms. The largest absolute Gasteiger partial charge is 0.320 e. The second kappa shape index (κ2) is 26.7. The maximum atomic E-state index is 13.8. The Balaban J connectivity index is 0.00000282. The highest BCUT2D eigenvalue weighted by atomic mass is 16.1. The second-order valence-corrected chi connectivity index (χ2v) is 18.4. The Hall–Kier alpha value is -5.06. The minimum atomic E-state index is 0. The fourth-order valence-corrected chi connectivity index (χ4v) is 10.1. The topological polar surface area (TPSA) is 58.2 Å². The lowest BCUT2D eigenvalue weighted by atomic mass is 9.90. The van der Waals surface area contributed by atoms with Crippen LogP contribution in [-0.4, -0.2) is 11.6 Å². The van der Waals surface area contributed by atoms with Gasteiger partial charge in [0.2, 0.25) is 0 Å². The molecule has 4 nitrogen and oxygen atoms in total. The van der Waals surface area contributed by atoms with Gasteiger partial charge in [-0.2, -0.15) is 0 Å². The van der Waals surface area contributed by atoms with Crippen molar-refractivity contribution in [3.63, 3.8) is 0 Å². The van der Waals surface area contributed by atoms with Crippen molar-refractivity contribution < 1.29 is 15.3 Å². The van der Waals surface area contributed by atoms with Crippen molar-refractivity contribution in [3.8, 4) is 0 Å². The molecule has 4 aromatic carbocycles. The Morgan fingerprint density at radius 3 is 1.89 bits per heavy atom. The van der Waals surface area contributed by atoms with E-state index < -0.39 is 0 Å². The summed E-state index contributed by atoms with van der Waals surface area (Å²) < 4.78 is 0. The van der Waals surface area contributed by atoms with Gasteiger partial charge in [-0.25, -0.2) is 5.43 Å². The lowest BCUT2D eigenvalue weighted by Gasteiger charge is -2.14. The number of Topliss-reactive ketones (excluding diaryl/α,β-unsaturated/α-hetero) is 2. The minimum absolute atomic E-state index is 0. The first-order valence-corrected chi connectivity index (χ1v) is 24.7. The molecule has 0 aromatic heterocycles. The molecule has 2 unspecified atom stereocenters. The molecule has 348 valence electrons. The van der Waals surface area contributed by atoms with Crippen molar-refractivity contribution in [1.82, 2.24) is 10.9 Å². The summed E-state index contributed by atoms with van der Waals surface area (Å²) in [7, 11) is 0. The van der Waals surface area contributed by atoms with Crippen LogP contribution in [0.25, 0.3) is 11.3 Å². The number of carbonyl (C=O) groups is 2. The van der Waals surface area contributed by atoms with Crippen LogP contribution in [-0.2, 0) is 35.3 Å². The summed E-state index contributed by atoms with van der Waals surface area (Å²) in [5.41, 5.74) is 19.5. The van der Waals surface area contributed by atoms with Crippen LogP contribution in [0, 0.1) is 11.8 Å². The van der Waals surface area contributed by atoms with Gasteiger partial charge in [-0.1, -0.05) is 200 Å². The van der Waals surface area contributed by atoms with Crippen molar-refractivity contribution in [1.29, 1.82) is 0 Å². The molecule has 0 amide bonds. The van der Waals surface area contributed by atoms with Gasteiger partial charge in [0.25, 0.3) is 0 Å². The van der Waals surface area contributed by atoms with E-state index in [2.05, 4.69) is 135 Å². The van der Waals surface area contributed by atoms with Gasteiger partial charge in [0, 0.05) is 37.0 Å². The third-order valence-electron chi connectivity index (χ3n) is 13.6. The molecule has 0 bridgehead atoms. The molecule has 2 atom stereocenters. The fourth-order valence-electron chi connectivity index (χ4n) is 10.1. The summed E-state index contributed by atoms with van der Waals surface area (Å²) in [6.07, 6.45) is 24.6. The summed E-state index contributed by atoms with van der Waals surface area (Å²) in [5, 5.41) is 0. The zero-order valence-corrected chi connectivity index (χ0v) is 39.9. The lowest BCUT2D eigenvalue weighted by molar-refractivity contribution is -0.119. The monoisotopic (exact) mass is 867 g/mol. The van der Waals surface area contributed by atoms with E-state index >= 15 is 0 Å². The van der Waals surface area contributed by atoms with Gasteiger partial charge in [0.05, 0.1) is 11.7 Å². The van der Waals surface area contributed by atoms with Crippen LogP contribution < -0.4 is 10.9 Å². The molecule has 3 aliphatic rings. The van der Waals surface area contributed by atoms with Gasteiger partial charge in [-0.3, -0.25) is 9.59 Å². The molecule has 1 heterocycles. The van der Waals surface area contributed by atoms with E-state index in [1.54, 1.807) is 0 Å².